The molecule has 0 radical (unpaired) electrons. The average molecular weight is 738 g/mol. The van der Waals surface area contributed by atoms with Gasteiger partial charge in [-0.05, 0) is 157 Å². The minimum Gasteiger partial charge on any atom is -0.481 e. The molecule has 0 aliphatic heterocycles. The van der Waals surface area contributed by atoms with Gasteiger partial charge in [-0.3, -0.25) is 9.59 Å². The third-order valence-electron chi connectivity index (χ3n) is 16.3. The standard InChI is InChI=1S/C48H51NO6/c1-45-20-18-40(50)47(3,43(52)53)38(45)16-14-26-22-33-31(24-34(26)45)28-10-6-7-12-30(28)42(33)49-36-13-9-8-11-29(36)32-25-35-27(23-37(32)49)15-17-39-46(35,2)21-19-41(51)48(39,4)44(54)55-5/h6-13,22-25,38-42,50-51H,14-21H2,1-5H3,(H,52,53)/t38-,39-,40+,41+,42?,45-,46-,47+,48+/m1/s1. The summed E-state index contributed by atoms with van der Waals surface area (Å²) in [4.78, 5) is 26.2. The first-order valence-corrected chi connectivity index (χ1v) is 20.3. The number of aliphatic hydroxyl groups is 2. The van der Waals surface area contributed by atoms with Gasteiger partial charge in [0.1, 0.15) is 0 Å². The van der Waals surface area contributed by atoms with Gasteiger partial charge in [0.15, 0.2) is 0 Å². The van der Waals surface area contributed by atoms with E-state index < -0.39 is 29.0 Å². The van der Waals surface area contributed by atoms with E-state index in [1.807, 2.05) is 6.92 Å². The Morgan fingerprint density at radius 1 is 0.673 bits per heavy atom. The number of rotatable bonds is 3. The molecule has 0 saturated heterocycles. The summed E-state index contributed by atoms with van der Waals surface area (Å²) in [6.45, 7) is 8.23. The van der Waals surface area contributed by atoms with E-state index >= 15 is 0 Å². The minimum atomic E-state index is -1.20. The van der Waals surface area contributed by atoms with Crippen molar-refractivity contribution in [1.29, 1.82) is 0 Å². The highest BCUT2D eigenvalue weighted by molar-refractivity contribution is 6.09. The molecule has 10 rings (SSSR count). The number of fused-ring (bicyclic) bond motifs is 12. The number of para-hydroxylation sites is 1. The topological polar surface area (TPSA) is 109 Å². The molecule has 7 heteroatoms. The Labute approximate surface area is 322 Å². The largest absolute Gasteiger partial charge is 0.481 e. The van der Waals surface area contributed by atoms with Gasteiger partial charge in [0.25, 0.3) is 0 Å². The molecule has 0 bridgehead atoms. The number of esters is 1. The maximum atomic E-state index is 13.4. The van der Waals surface area contributed by atoms with Gasteiger partial charge >= 0.3 is 11.9 Å². The first-order chi connectivity index (χ1) is 26.3. The van der Waals surface area contributed by atoms with Crippen LogP contribution in [0.1, 0.15) is 106 Å². The Hall–Kier alpha value is -4.46. The second-order valence-corrected chi connectivity index (χ2v) is 18.5. The number of aromatic nitrogens is 1. The summed E-state index contributed by atoms with van der Waals surface area (Å²) in [5.41, 5.74) is 9.67. The van der Waals surface area contributed by atoms with Crippen LogP contribution in [0, 0.1) is 22.7 Å². The Morgan fingerprint density at radius 2 is 1.27 bits per heavy atom. The molecule has 1 unspecified atom stereocenters. The molecule has 5 aliphatic rings. The molecular weight excluding hydrogens is 687 g/mol. The normalized spacial score (nSPS) is 34.6. The molecular formula is C48H51NO6. The molecule has 2 saturated carbocycles. The van der Waals surface area contributed by atoms with E-state index in [1.165, 1.54) is 73.4 Å². The lowest BCUT2D eigenvalue weighted by molar-refractivity contribution is -0.175. The highest BCUT2D eigenvalue weighted by Crippen LogP contribution is 2.61. The Morgan fingerprint density at radius 3 is 1.96 bits per heavy atom. The van der Waals surface area contributed by atoms with E-state index in [0.29, 0.717) is 12.8 Å². The number of hydrogen-bond donors (Lipinski definition) is 3. The van der Waals surface area contributed by atoms with Crippen LogP contribution < -0.4 is 0 Å². The number of methoxy groups -OCH3 is 1. The highest BCUT2D eigenvalue weighted by Gasteiger charge is 2.61. The summed E-state index contributed by atoms with van der Waals surface area (Å²) >= 11 is 0. The number of carbonyl (C=O) groups excluding carboxylic acids is 1. The molecule has 9 atom stereocenters. The number of aryl methyl sites for hydroxylation is 2. The summed E-state index contributed by atoms with van der Waals surface area (Å²) in [6.07, 6.45) is 4.12. The van der Waals surface area contributed by atoms with Gasteiger partial charge in [0, 0.05) is 16.3 Å². The van der Waals surface area contributed by atoms with Crippen molar-refractivity contribution >= 4 is 33.7 Å². The number of carboxylic acid groups (broad SMARTS) is 1. The van der Waals surface area contributed by atoms with Crippen molar-refractivity contribution in [2.24, 2.45) is 22.7 Å². The molecule has 1 aromatic heterocycles. The van der Waals surface area contributed by atoms with E-state index in [-0.39, 0.29) is 34.7 Å². The van der Waals surface area contributed by atoms with Crippen molar-refractivity contribution in [1.82, 2.24) is 4.57 Å². The molecule has 55 heavy (non-hydrogen) atoms. The molecule has 2 fully saturated rings. The molecule has 0 amide bonds. The zero-order valence-corrected chi connectivity index (χ0v) is 32.5. The van der Waals surface area contributed by atoms with Crippen molar-refractivity contribution in [3.05, 3.63) is 106 Å². The van der Waals surface area contributed by atoms with Gasteiger partial charge in [-0.1, -0.05) is 62.4 Å². The lowest BCUT2D eigenvalue weighted by atomic mass is 9.49. The fourth-order valence-electron chi connectivity index (χ4n) is 13.3. The smallest absolute Gasteiger partial charge is 0.314 e. The Kier molecular flexibility index (Phi) is 7.35. The summed E-state index contributed by atoms with van der Waals surface area (Å²) in [5, 5.41) is 35.3. The van der Waals surface area contributed by atoms with Crippen molar-refractivity contribution in [3.63, 3.8) is 0 Å². The van der Waals surface area contributed by atoms with E-state index in [1.54, 1.807) is 6.92 Å². The molecule has 3 N–H and O–H groups in total. The van der Waals surface area contributed by atoms with Gasteiger partial charge < -0.3 is 24.6 Å². The van der Waals surface area contributed by atoms with Crippen LogP contribution >= 0.6 is 0 Å². The zero-order chi connectivity index (χ0) is 38.4. The van der Waals surface area contributed by atoms with Crippen LogP contribution in [0.5, 0.6) is 0 Å². The van der Waals surface area contributed by atoms with E-state index in [9.17, 15) is 24.9 Å². The van der Waals surface area contributed by atoms with Crippen LogP contribution in [0.3, 0.4) is 0 Å². The molecule has 5 aromatic rings. The first kappa shape index (κ1) is 35.0. The number of aliphatic hydroxyl groups excluding tert-OH is 2. The number of carbonyl (C=O) groups is 2. The Bertz CT molecular complexity index is 2480. The SMILES string of the molecule is COC(=O)[C@]1(C)[C@@H](O)CC[C@]2(C)c3cc4c5ccccc5n(C5c6ccccc6-c6cc7c(cc65)CC[C@H]5[C@](C)(C(=O)O)[C@@H](O)CC[C@]75C)c4cc3CC[C@@H]12. The third-order valence-corrected chi connectivity index (χ3v) is 16.3. The van der Waals surface area contributed by atoms with Crippen LogP contribution in [0.2, 0.25) is 0 Å². The molecule has 1 heterocycles. The number of carboxylic acids is 1. The zero-order valence-electron chi connectivity index (χ0n) is 32.5. The van der Waals surface area contributed by atoms with Crippen LogP contribution in [-0.4, -0.2) is 51.1 Å². The lowest BCUT2D eigenvalue weighted by Gasteiger charge is -2.55. The summed E-state index contributed by atoms with van der Waals surface area (Å²) < 4.78 is 7.90. The number of aliphatic carboxylic acids is 1. The maximum Gasteiger partial charge on any atom is 0.314 e. The number of ether oxygens (including phenoxy) is 1. The van der Waals surface area contributed by atoms with Crippen molar-refractivity contribution in [3.8, 4) is 11.1 Å². The first-order valence-electron chi connectivity index (χ1n) is 20.3. The van der Waals surface area contributed by atoms with Crippen LogP contribution in [0.15, 0.2) is 72.8 Å². The summed E-state index contributed by atoms with van der Waals surface area (Å²) in [7, 11) is 1.43. The van der Waals surface area contributed by atoms with Gasteiger partial charge in [-0.15, -0.1) is 0 Å². The van der Waals surface area contributed by atoms with Gasteiger partial charge in [-0.25, -0.2) is 0 Å². The fourth-order valence-corrected chi connectivity index (χ4v) is 13.3. The summed E-state index contributed by atoms with van der Waals surface area (Å²) in [6, 6.07) is 27.1. The van der Waals surface area contributed by atoms with Gasteiger partial charge in [-0.2, -0.15) is 0 Å². The number of nitrogens with zero attached hydrogens (tertiary/aromatic N) is 1. The van der Waals surface area contributed by atoms with Crippen molar-refractivity contribution < 1.29 is 29.6 Å². The predicted molar refractivity (Wildman–Crippen MR) is 213 cm³/mol. The molecule has 0 spiro atoms. The van der Waals surface area contributed by atoms with Gasteiger partial charge in [0.05, 0.1) is 41.7 Å². The fraction of sp³-hybridized carbons (Fsp3) is 0.458. The van der Waals surface area contributed by atoms with E-state index in [0.717, 1.165) is 38.5 Å². The second-order valence-electron chi connectivity index (χ2n) is 18.5. The van der Waals surface area contributed by atoms with Gasteiger partial charge in [0.2, 0.25) is 0 Å². The van der Waals surface area contributed by atoms with E-state index in [4.69, 9.17) is 4.74 Å². The molecule has 284 valence electrons. The summed E-state index contributed by atoms with van der Waals surface area (Å²) in [5.74, 6) is -1.43. The molecule has 5 aliphatic carbocycles. The number of benzene rings is 4. The van der Waals surface area contributed by atoms with E-state index in [2.05, 4.69) is 91.2 Å². The highest BCUT2D eigenvalue weighted by atomic mass is 16.5. The lowest BCUT2D eigenvalue weighted by Crippen LogP contribution is -2.58. The molecule has 4 aromatic carbocycles. The molecule has 7 nitrogen and oxygen atoms in total. The quantitative estimate of drug-likeness (QED) is 0.157. The third kappa shape index (κ3) is 4.29. The van der Waals surface area contributed by atoms with Crippen LogP contribution in [-0.2, 0) is 38.0 Å². The number of hydrogen-bond acceptors (Lipinski definition) is 5. The second kappa shape index (κ2) is 11.5. The van der Waals surface area contributed by atoms with Crippen molar-refractivity contribution in [2.75, 3.05) is 7.11 Å². The maximum absolute atomic E-state index is 13.4. The monoisotopic (exact) mass is 737 g/mol. The minimum absolute atomic E-state index is 0.0449. The predicted octanol–water partition coefficient (Wildman–Crippen LogP) is 8.63. The Balaban J connectivity index is 1.17. The van der Waals surface area contributed by atoms with Crippen molar-refractivity contribution in [2.45, 2.75) is 108 Å². The van der Waals surface area contributed by atoms with Crippen LogP contribution in [0.25, 0.3) is 32.9 Å². The van der Waals surface area contributed by atoms with Crippen LogP contribution in [0.4, 0.5) is 0 Å². The average Bonchev–Trinajstić information content (AvgIpc) is 3.67.